The highest BCUT2D eigenvalue weighted by Crippen LogP contribution is 2.35. The second-order valence-corrected chi connectivity index (χ2v) is 9.41. The first-order chi connectivity index (χ1) is 15.9. The first-order valence-corrected chi connectivity index (χ1v) is 11.9. The molecule has 0 aliphatic rings. The molecular weight excluding hydrogens is 409 g/mol. The van der Waals surface area contributed by atoms with Crippen LogP contribution in [0.2, 0.25) is 0 Å². The van der Waals surface area contributed by atoms with Gasteiger partial charge < -0.3 is 0 Å². The van der Waals surface area contributed by atoms with Gasteiger partial charge in [-0.25, -0.2) is 4.98 Å². The van der Waals surface area contributed by atoms with E-state index in [1.54, 1.807) is 0 Å². The van der Waals surface area contributed by atoms with Crippen molar-refractivity contribution in [3.8, 4) is 0 Å². The SMILES string of the molecule is c1ccc(N(c2ccccc2)c2cncc(P(c3ccccc3)c3ccccc3)n2)cc1. The third-order valence-electron chi connectivity index (χ3n) is 5.12. The minimum Gasteiger partial charge on any atom is -0.294 e. The molecule has 5 aromatic rings. The minimum atomic E-state index is -0.825. The van der Waals surface area contributed by atoms with E-state index < -0.39 is 7.92 Å². The third-order valence-corrected chi connectivity index (χ3v) is 7.43. The van der Waals surface area contributed by atoms with Crippen LogP contribution in [0.3, 0.4) is 0 Å². The second kappa shape index (κ2) is 9.55. The Kier molecular flexibility index (Phi) is 6.00. The highest BCUT2D eigenvalue weighted by atomic mass is 31.1. The summed E-state index contributed by atoms with van der Waals surface area (Å²) in [4.78, 5) is 12.0. The van der Waals surface area contributed by atoms with Gasteiger partial charge in [0, 0.05) is 19.3 Å². The maximum atomic E-state index is 5.17. The number of anilines is 3. The summed E-state index contributed by atoms with van der Waals surface area (Å²) >= 11 is 0. The van der Waals surface area contributed by atoms with Crippen molar-refractivity contribution in [2.24, 2.45) is 0 Å². The highest BCUT2D eigenvalue weighted by Gasteiger charge is 2.21. The van der Waals surface area contributed by atoms with E-state index in [2.05, 4.69) is 94.8 Å². The first-order valence-electron chi connectivity index (χ1n) is 10.5. The van der Waals surface area contributed by atoms with Crippen LogP contribution >= 0.6 is 7.92 Å². The molecule has 0 unspecified atom stereocenters. The first kappa shape index (κ1) is 20.1. The molecule has 0 atom stereocenters. The van der Waals surface area contributed by atoms with Gasteiger partial charge in [-0.1, -0.05) is 97.1 Å². The van der Waals surface area contributed by atoms with Crippen LogP contribution in [0.4, 0.5) is 17.2 Å². The fourth-order valence-corrected chi connectivity index (χ4v) is 5.85. The molecule has 0 fully saturated rings. The van der Waals surface area contributed by atoms with Gasteiger partial charge in [-0.15, -0.1) is 0 Å². The molecule has 0 saturated carbocycles. The molecule has 1 heterocycles. The third kappa shape index (κ3) is 4.30. The van der Waals surface area contributed by atoms with Crippen molar-refractivity contribution in [2.75, 3.05) is 4.90 Å². The molecule has 0 spiro atoms. The van der Waals surface area contributed by atoms with E-state index >= 15 is 0 Å². The molecule has 0 bridgehead atoms. The molecule has 1 aromatic heterocycles. The van der Waals surface area contributed by atoms with Crippen molar-refractivity contribution in [2.45, 2.75) is 0 Å². The van der Waals surface area contributed by atoms with Crippen molar-refractivity contribution in [1.82, 2.24) is 9.97 Å². The monoisotopic (exact) mass is 431 g/mol. The summed E-state index contributed by atoms with van der Waals surface area (Å²) in [6, 6.07) is 41.8. The van der Waals surface area contributed by atoms with Crippen LogP contribution < -0.4 is 20.9 Å². The van der Waals surface area contributed by atoms with Gasteiger partial charge in [0.1, 0.15) is 0 Å². The molecule has 154 valence electrons. The predicted molar refractivity (Wildman–Crippen MR) is 135 cm³/mol. The van der Waals surface area contributed by atoms with Gasteiger partial charge in [-0.05, 0) is 34.9 Å². The normalized spacial score (nSPS) is 10.8. The van der Waals surface area contributed by atoms with Crippen LogP contribution in [0.25, 0.3) is 0 Å². The summed E-state index contributed by atoms with van der Waals surface area (Å²) in [6.07, 6.45) is 3.75. The summed E-state index contributed by atoms with van der Waals surface area (Å²) in [5.74, 6) is 0.805. The van der Waals surface area contributed by atoms with Gasteiger partial charge in [-0.2, -0.15) is 0 Å². The fraction of sp³-hybridized carbons (Fsp3) is 0. The number of para-hydroxylation sites is 2. The van der Waals surface area contributed by atoms with E-state index in [4.69, 9.17) is 4.98 Å². The number of nitrogens with zero attached hydrogens (tertiary/aromatic N) is 3. The van der Waals surface area contributed by atoms with Crippen molar-refractivity contribution in [3.05, 3.63) is 134 Å². The van der Waals surface area contributed by atoms with Gasteiger partial charge in [0.15, 0.2) is 5.82 Å². The molecule has 4 aromatic carbocycles. The van der Waals surface area contributed by atoms with E-state index in [1.165, 1.54) is 10.6 Å². The lowest BCUT2D eigenvalue weighted by Gasteiger charge is -2.25. The maximum absolute atomic E-state index is 5.17. The highest BCUT2D eigenvalue weighted by molar-refractivity contribution is 7.79. The molecule has 4 heteroatoms. The smallest absolute Gasteiger partial charge is 0.156 e. The minimum absolute atomic E-state index is 0.805. The van der Waals surface area contributed by atoms with Crippen LogP contribution in [0, 0.1) is 0 Å². The van der Waals surface area contributed by atoms with E-state index in [0.29, 0.717) is 0 Å². The average molecular weight is 431 g/mol. The number of rotatable bonds is 6. The van der Waals surface area contributed by atoms with Crippen molar-refractivity contribution in [1.29, 1.82) is 0 Å². The Morgan fingerprint density at radius 2 is 0.938 bits per heavy atom. The van der Waals surface area contributed by atoms with Crippen LogP contribution in [0.15, 0.2) is 134 Å². The van der Waals surface area contributed by atoms with Gasteiger partial charge in [0.2, 0.25) is 0 Å². The molecule has 32 heavy (non-hydrogen) atoms. The topological polar surface area (TPSA) is 29.0 Å². The van der Waals surface area contributed by atoms with Gasteiger partial charge in [0.25, 0.3) is 0 Å². The Balaban J connectivity index is 1.65. The number of hydrogen-bond acceptors (Lipinski definition) is 3. The molecular formula is C28H22N3P. The average Bonchev–Trinajstić information content (AvgIpc) is 2.87. The zero-order chi connectivity index (χ0) is 21.6. The summed E-state index contributed by atoms with van der Waals surface area (Å²) in [7, 11) is -0.825. The van der Waals surface area contributed by atoms with E-state index in [-0.39, 0.29) is 0 Å². The lowest BCUT2D eigenvalue weighted by atomic mass is 10.2. The van der Waals surface area contributed by atoms with Gasteiger partial charge in [-0.3, -0.25) is 9.88 Å². The van der Waals surface area contributed by atoms with E-state index in [9.17, 15) is 0 Å². The van der Waals surface area contributed by atoms with Crippen molar-refractivity contribution in [3.63, 3.8) is 0 Å². The fourth-order valence-electron chi connectivity index (χ4n) is 3.70. The van der Waals surface area contributed by atoms with E-state index in [1.807, 2.05) is 48.8 Å². The zero-order valence-corrected chi connectivity index (χ0v) is 18.4. The molecule has 5 rings (SSSR count). The summed E-state index contributed by atoms with van der Waals surface area (Å²) in [5.41, 5.74) is 3.08. The Hall–Kier alpha value is -3.81. The largest absolute Gasteiger partial charge is 0.294 e. The lowest BCUT2D eigenvalue weighted by Crippen LogP contribution is -2.25. The number of hydrogen-bond donors (Lipinski definition) is 0. The molecule has 0 radical (unpaired) electrons. The predicted octanol–water partition coefficient (Wildman–Crippen LogP) is 5.70. The lowest BCUT2D eigenvalue weighted by molar-refractivity contribution is 1.15. The van der Waals surface area contributed by atoms with Crippen LogP contribution in [0.5, 0.6) is 0 Å². The molecule has 0 amide bonds. The molecule has 0 aliphatic carbocycles. The maximum Gasteiger partial charge on any atom is 0.156 e. The Morgan fingerprint density at radius 3 is 1.41 bits per heavy atom. The van der Waals surface area contributed by atoms with E-state index in [0.717, 1.165) is 22.6 Å². The zero-order valence-electron chi connectivity index (χ0n) is 17.5. The molecule has 0 N–H and O–H groups in total. The molecule has 0 saturated heterocycles. The second-order valence-electron chi connectivity index (χ2n) is 7.25. The van der Waals surface area contributed by atoms with Gasteiger partial charge in [0.05, 0.1) is 17.8 Å². The molecule has 0 aliphatic heterocycles. The number of aromatic nitrogens is 2. The van der Waals surface area contributed by atoms with Crippen LogP contribution in [-0.2, 0) is 0 Å². The van der Waals surface area contributed by atoms with Crippen molar-refractivity contribution < 1.29 is 0 Å². The quantitative estimate of drug-likeness (QED) is 0.323. The van der Waals surface area contributed by atoms with Crippen LogP contribution in [-0.4, -0.2) is 9.97 Å². The molecule has 3 nitrogen and oxygen atoms in total. The van der Waals surface area contributed by atoms with Crippen LogP contribution in [0.1, 0.15) is 0 Å². The number of benzene rings is 4. The summed E-state index contributed by atoms with van der Waals surface area (Å²) in [5, 5.41) is 2.51. The van der Waals surface area contributed by atoms with Gasteiger partial charge >= 0.3 is 0 Å². The standard InChI is InChI=1S/C28H22N3P/c1-5-13-23(14-6-1)31(24-15-7-2-8-16-24)27-21-29-22-28(30-27)32(25-17-9-3-10-18-25)26-19-11-4-12-20-26/h1-22H. The summed E-state index contributed by atoms with van der Waals surface area (Å²) < 4.78 is 0. The Bertz CT molecular complexity index is 1090. The summed E-state index contributed by atoms with van der Waals surface area (Å²) in [6.45, 7) is 0. The van der Waals surface area contributed by atoms with Crippen molar-refractivity contribution >= 4 is 41.2 Å². The Labute approximate surface area is 189 Å². The Morgan fingerprint density at radius 1 is 0.500 bits per heavy atom.